The number of rotatable bonds is 8. The van der Waals surface area contributed by atoms with Gasteiger partial charge >= 0.3 is 5.97 Å². The first kappa shape index (κ1) is 33.0. The Morgan fingerprint density at radius 1 is 0.844 bits per heavy atom. The summed E-state index contributed by atoms with van der Waals surface area (Å²) >= 11 is 0. The van der Waals surface area contributed by atoms with Gasteiger partial charge in [-0.3, -0.25) is 4.79 Å². The molecule has 0 aromatic heterocycles. The Labute approximate surface area is 275 Å². The molecule has 4 heteroatoms. The van der Waals surface area contributed by atoms with E-state index in [1.54, 1.807) is 0 Å². The molecule has 2 aromatic carbocycles. The van der Waals surface area contributed by atoms with Crippen LogP contribution in [0.2, 0.25) is 5.04 Å². The van der Waals surface area contributed by atoms with E-state index in [0.717, 1.165) is 36.0 Å². The minimum absolute atomic E-state index is 0.0228. The van der Waals surface area contributed by atoms with Crippen LogP contribution in [0, 0.1) is 46.3 Å². The smallest absolute Gasteiger partial charge is 0.305 e. The largest absolute Gasteiger partial charge is 0.469 e. The van der Waals surface area contributed by atoms with Gasteiger partial charge in [-0.05, 0) is 126 Å². The van der Waals surface area contributed by atoms with Gasteiger partial charge in [0.15, 0.2) is 0 Å². The Morgan fingerprint density at radius 2 is 1.44 bits per heavy atom. The molecule has 4 unspecified atom stereocenters. The molecule has 4 aliphatic carbocycles. The second-order valence-corrected chi connectivity index (χ2v) is 21.4. The normalized spacial score (nSPS) is 35.5. The molecule has 0 bridgehead atoms. The van der Waals surface area contributed by atoms with Crippen molar-refractivity contribution in [3.63, 3.8) is 0 Å². The van der Waals surface area contributed by atoms with Crippen LogP contribution in [0.15, 0.2) is 60.7 Å². The molecule has 45 heavy (non-hydrogen) atoms. The molecule has 3 nitrogen and oxygen atoms in total. The van der Waals surface area contributed by atoms with Gasteiger partial charge in [-0.1, -0.05) is 102 Å². The summed E-state index contributed by atoms with van der Waals surface area (Å²) in [6.07, 6.45) is 13.9. The molecule has 4 fully saturated rings. The number of carbonyl (C=O) groups is 1. The molecule has 0 saturated heterocycles. The molecular formula is C41H60O3Si. The second-order valence-electron chi connectivity index (χ2n) is 17.2. The van der Waals surface area contributed by atoms with Gasteiger partial charge in [0.2, 0.25) is 0 Å². The van der Waals surface area contributed by atoms with Crippen molar-refractivity contribution in [2.24, 2.45) is 46.3 Å². The number of carbonyl (C=O) groups excluding carboxylic acids is 1. The maximum atomic E-state index is 11.9. The van der Waals surface area contributed by atoms with Crippen LogP contribution in [0.25, 0.3) is 0 Å². The van der Waals surface area contributed by atoms with Crippen LogP contribution in [0.3, 0.4) is 0 Å². The maximum Gasteiger partial charge on any atom is 0.305 e. The SMILES string of the molecule is COC(=O)CC[C@@H](C)[C@H]1CCC2C3CCC4C[C@H](O[Si](c5ccccc5)(c5ccccc5)C(C)(C)C)CC[C@]4(C)C3CC[C@@]21C. The van der Waals surface area contributed by atoms with Gasteiger partial charge in [0, 0.05) is 12.5 Å². The number of hydrogen-bond donors (Lipinski definition) is 0. The molecule has 0 aliphatic heterocycles. The molecular weight excluding hydrogens is 569 g/mol. The lowest BCUT2D eigenvalue weighted by Crippen LogP contribution is -2.68. The van der Waals surface area contributed by atoms with E-state index in [4.69, 9.17) is 9.16 Å². The van der Waals surface area contributed by atoms with Crippen molar-refractivity contribution < 1.29 is 14.0 Å². The van der Waals surface area contributed by atoms with Gasteiger partial charge in [0.1, 0.15) is 0 Å². The quantitative estimate of drug-likeness (QED) is 0.216. The van der Waals surface area contributed by atoms with Crippen LogP contribution in [0.4, 0.5) is 0 Å². The first-order valence-corrected chi connectivity index (χ1v) is 20.2. The first-order valence-electron chi connectivity index (χ1n) is 18.3. The molecule has 0 amide bonds. The second kappa shape index (κ2) is 12.6. The molecule has 246 valence electrons. The van der Waals surface area contributed by atoms with Crippen molar-refractivity contribution in [1.29, 1.82) is 0 Å². The van der Waals surface area contributed by atoms with Gasteiger partial charge in [-0.25, -0.2) is 0 Å². The fraction of sp³-hybridized carbons (Fsp3) is 0.683. The molecule has 4 aliphatic rings. The Hall–Kier alpha value is -1.91. The number of benzene rings is 2. The molecule has 0 N–H and O–H groups in total. The van der Waals surface area contributed by atoms with Gasteiger partial charge in [0.05, 0.1) is 7.11 Å². The number of esters is 1. The molecule has 0 spiro atoms. The van der Waals surface area contributed by atoms with Gasteiger partial charge in [-0.2, -0.15) is 0 Å². The Kier molecular flexibility index (Phi) is 9.24. The zero-order valence-electron chi connectivity index (χ0n) is 29.3. The van der Waals surface area contributed by atoms with E-state index >= 15 is 0 Å². The zero-order chi connectivity index (χ0) is 32.0. The van der Waals surface area contributed by atoms with Gasteiger partial charge < -0.3 is 9.16 Å². The summed E-state index contributed by atoms with van der Waals surface area (Å²) in [4.78, 5) is 11.9. The highest BCUT2D eigenvalue weighted by molar-refractivity contribution is 6.99. The third-order valence-electron chi connectivity index (χ3n) is 14.2. The van der Waals surface area contributed by atoms with Crippen molar-refractivity contribution in [1.82, 2.24) is 0 Å². The summed E-state index contributed by atoms with van der Waals surface area (Å²) in [6, 6.07) is 22.5. The first-order chi connectivity index (χ1) is 21.4. The summed E-state index contributed by atoms with van der Waals surface area (Å²) < 4.78 is 12.7. The van der Waals surface area contributed by atoms with Crippen molar-refractivity contribution in [3.8, 4) is 0 Å². The predicted octanol–water partition coefficient (Wildman–Crippen LogP) is 9.18. The number of ether oxygens (including phenoxy) is 1. The van der Waals surface area contributed by atoms with E-state index in [2.05, 4.69) is 102 Å². The predicted molar refractivity (Wildman–Crippen MR) is 188 cm³/mol. The third kappa shape index (κ3) is 5.68. The van der Waals surface area contributed by atoms with Crippen molar-refractivity contribution in [2.45, 2.75) is 123 Å². The average Bonchev–Trinajstić information content (AvgIpc) is 3.40. The van der Waals surface area contributed by atoms with Gasteiger partial charge in [-0.15, -0.1) is 0 Å². The van der Waals surface area contributed by atoms with E-state index in [0.29, 0.717) is 29.3 Å². The highest BCUT2D eigenvalue weighted by Crippen LogP contribution is 2.68. The summed E-state index contributed by atoms with van der Waals surface area (Å²) in [6.45, 7) is 15.0. The highest BCUT2D eigenvalue weighted by Gasteiger charge is 2.61. The Morgan fingerprint density at radius 3 is 2.04 bits per heavy atom. The molecule has 2 aromatic rings. The summed E-state index contributed by atoms with van der Waals surface area (Å²) in [5.74, 6) is 4.63. The number of fused-ring (bicyclic) bond motifs is 5. The highest BCUT2D eigenvalue weighted by atomic mass is 28.4. The van der Waals surface area contributed by atoms with Crippen LogP contribution < -0.4 is 10.4 Å². The van der Waals surface area contributed by atoms with Crippen molar-refractivity contribution in [3.05, 3.63) is 60.7 Å². The third-order valence-corrected chi connectivity index (χ3v) is 19.3. The minimum Gasteiger partial charge on any atom is -0.469 e. The Bertz CT molecular complexity index is 1260. The fourth-order valence-electron chi connectivity index (χ4n) is 11.9. The lowest BCUT2D eigenvalue weighted by Gasteiger charge is -2.62. The molecule has 0 radical (unpaired) electrons. The summed E-state index contributed by atoms with van der Waals surface area (Å²) in [7, 11) is -1.02. The topological polar surface area (TPSA) is 35.5 Å². The maximum absolute atomic E-state index is 11.9. The minimum atomic E-state index is -2.54. The monoisotopic (exact) mass is 628 g/mol. The summed E-state index contributed by atoms with van der Waals surface area (Å²) in [5, 5.41) is 2.84. The van der Waals surface area contributed by atoms with Crippen LogP contribution >= 0.6 is 0 Å². The fourth-order valence-corrected chi connectivity index (χ4v) is 16.6. The van der Waals surface area contributed by atoms with E-state index in [1.807, 2.05) is 0 Å². The van der Waals surface area contributed by atoms with Crippen LogP contribution in [0.1, 0.15) is 112 Å². The lowest BCUT2D eigenvalue weighted by molar-refractivity contribution is -0.141. The van der Waals surface area contributed by atoms with Crippen molar-refractivity contribution >= 4 is 24.7 Å². The average molecular weight is 629 g/mol. The van der Waals surface area contributed by atoms with E-state index in [9.17, 15) is 4.79 Å². The van der Waals surface area contributed by atoms with Gasteiger partial charge in [0.25, 0.3) is 8.32 Å². The molecule has 0 heterocycles. The van der Waals surface area contributed by atoms with E-state index in [1.165, 1.54) is 75.3 Å². The van der Waals surface area contributed by atoms with Crippen LogP contribution in [-0.4, -0.2) is 27.5 Å². The molecule has 6 rings (SSSR count). The van der Waals surface area contributed by atoms with E-state index < -0.39 is 8.32 Å². The summed E-state index contributed by atoms with van der Waals surface area (Å²) in [5.41, 5.74) is 0.869. The lowest BCUT2D eigenvalue weighted by atomic mass is 9.44. The van der Waals surface area contributed by atoms with Crippen LogP contribution in [-0.2, 0) is 14.0 Å². The Balaban J connectivity index is 1.20. The standard InChI is InChI=1S/C41H60O3Si/c1-29(18-23-38(42)43-7)35-21-22-36-34-20-19-30-28-31(24-26-40(30,5)37(34)25-27-41(35,36)6)44-45(39(2,3)4,32-14-10-8-11-15-32)33-16-12-9-13-17-33/h8-17,29-31,34-37H,18-28H2,1-7H3/t29-,30?,31-,34?,35-,36?,37?,40+,41-/m1/s1. The molecule has 9 atom stereocenters. The van der Waals surface area contributed by atoms with Crippen molar-refractivity contribution in [2.75, 3.05) is 7.11 Å². The van der Waals surface area contributed by atoms with Crippen LogP contribution in [0.5, 0.6) is 0 Å². The number of hydrogen-bond acceptors (Lipinski definition) is 3. The molecule has 4 saturated carbocycles. The zero-order valence-corrected chi connectivity index (χ0v) is 30.3. The number of methoxy groups -OCH3 is 1. The van der Waals surface area contributed by atoms with E-state index in [-0.39, 0.29) is 11.0 Å².